The molecule has 1 N–H and O–H groups in total. The van der Waals surface area contributed by atoms with Gasteiger partial charge in [0, 0.05) is 27.9 Å². The molecule has 1 aliphatic heterocycles. The van der Waals surface area contributed by atoms with Gasteiger partial charge in [-0.1, -0.05) is 148 Å². The second kappa shape index (κ2) is 10.9. The van der Waals surface area contributed by atoms with Crippen molar-refractivity contribution in [3.05, 3.63) is 192 Å². The predicted molar refractivity (Wildman–Crippen MR) is 213 cm³/mol. The van der Waals surface area contributed by atoms with E-state index in [1.165, 1.54) is 66.1 Å². The van der Waals surface area contributed by atoms with E-state index in [1.54, 1.807) is 0 Å². The zero-order valence-corrected chi connectivity index (χ0v) is 29.0. The molecule has 0 radical (unpaired) electrons. The molecule has 8 aromatic rings. The molecule has 1 spiro atoms. The number of ether oxygens (including phenoxy) is 1. The normalized spacial score (nSPS) is 15.6. The summed E-state index contributed by atoms with van der Waals surface area (Å²) in [5, 5.41) is 8.74. The predicted octanol–water partition coefficient (Wildman–Crippen LogP) is 13.2. The van der Waals surface area contributed by atoms with Crippen LogP contribution < -0.4 is 10.1 Å². The van der Waals surface area contributed by atoms with Crippen molar-refractivity contribution in [2.45, 2.75) is 31.6 Å². The Labute approximate surface area is 299 Å². The Kier molecular flexibility index (Phi) is 6.38. The van der Waals surface area contributed by atoms with Gasteiger partial charge >= 0.3 is 0 Å². The second-order valence-corrected chi connectivity index (χ2v) is 15.0. The monoisotopic (exact) mass is 655 g/mol. The summed E-state index contributed by atoms with van der Waals surface area (Å²) in [4.78, 5) is 0. The summed E-state index contributed by atoms with van der Waals surface area (Å²) < 4.78 is 6.71. The van der Waals surface area contributed by atoms with Gasteiger partial charge in [0.1, 0.15) is 11.5 Å². The van der Waals surface area contributed by atoms with Crippen LogP contribution in [0.15, 0.2) is 164 Å². The maximum atomic E-state index is 6.71. The SMILES string of the molecule is CC(C)(C)c1ccc2c(c1)-c1ccccc1C21c2ccccc2Oc2ccc(Nc3cccc4cc(-c5cccc6ccccc56)ccc34)cc21. The molecular weight excluding hydrogens is 619 g/mol. The first-order chi connectivity index (χ1) is 24.9. The maximum Gasteiger partial charge on any atom is 0.132 e. The highest BCUT2D eigenvalue weighted by Gasteiger charge is 2.51. The Morgan fingerprint density at radius 1 is 0.471 bits per heavy atom. The third-order valence-electron chi connectivity index (χ3n) is 11.1. The topological polar surface area (TPSA) is 21.3 Å². The highest BCUT2D eigenvalue weighted by atomic mass is 16.5. The first kappa shape index (κ1) is 29.8. The molecule has 2 aliphatic rings. The fraction of sp³-hybridized carbons (Fsp3) is 0.102. The van der Waals surface area contributed by atoms with Crippen LogP contribution in [0.25, 0.3) is 43.8 Å². The lowest BCUT2D eigenvalue weighted by atomic mass is 9.66. The van der Waals surface area contributed by atoms with E-state index in [4.69, 9.17) is 4.74 Å². The van der Waals surface area contributed by atoms with Crippen LogP contribution in [0.1, 0.15) is 48.6 Å². The molecule has 10 rings (SSSR count). The van der Waals surface area contributed by atoms with E-state index in [-0.39, 0.29) is 5.41 Å². The Balaban J connectivity index is 1.12. The van der Waals surface area contributed by atoms with Crippen LogP contribution in [0.4, 0.5) is 11.4 Å². The second-order valence-electron chi connectivity index (χ2n) is 15.0. The van der Waals surface area contributed by atoms with Gasteiger partial charge in [0.15, 0.2) is 0 Å². The largest absolute Gasteiger partial charge is 0.457 e. The molecule has 0 saturated heterocycles. The third kappa shape index (κ3) is 4.43. The van der Waals surface area contributed by atoms with Gasteiger partial charge < -0.3 is 10.1 Å². The average Bonchev–Trinajstić information content (AvgIpc) is 3.45. The lowest BCUT2D eigenvalue weighted by Gasteiger charge is -2.39. The van der Waals surface area contributed by atoms with Gasteiger partial charge in [-0.2, -0.15) is 0 Å². The zero-order valence-electron chi connectivity index (χ0n) is 29.0. The van der Waals surface area contributed by atoms with Gasteiger partial charge in [-0.05, 0) is 96.9 Å². The van der Waals surface area contributed by atoms with E-state index in [9.17, 15) is 0 Å². The van der Waals surface area contributed by atoms with E-state index in [2.05, 4.69) is 190 Å². The summed E-state index contributed by atoms with van der Waals surface area (Å²) in [6.45, 7) is 6.88. The number of benzene rings is 8. The van der Waals surface area contributed by atoms with Crippen LogP contribution in [0.3, 0.4) is 0 Å². The number of hydrogen-bond donors (Lipinski definition) is 1. The van der Waals surface area contributed by atoms with Crippen LogP contribution in [-0.2, 0) is 10.8 Å². The van der Waals surface area contributed by atoms with Crippen molar-refractivity contribution in [2.75, 3.05) is 5.32 Å². The summed E-state index contributed by atoms with van der Waals surface area (Å²) >= 11 is 0. The minimum atomic E-state index is -0.518. The van der Waals surface area contributed by atoms with Crippen molar-refractivity contribution < 1.29 is 4.74 Å². The van der Waals surface area contributed by atoms with Gasteiger partial charge in [-0.25, -0.2) is 0 Å². The van der Waals surface area contributed by atoms with Gasteiger partial charge in [0.05, 0.1) is 5.41 Å². The molecule has 1 aliphatic carbocycles. The Morgan fingerprint density at radius 3 is 2.08 bits per heavy atom. The summed E-state index contributed by atoms with van der Waals surface area (Å²) in [6.07, 6.45) is 0. The Bertz CT molecular complexity index is 2690. The van der Waals surface area contributed by atoms with Gasteiger partial charge in [0.2, 0.25) is 0 Å². The summed E-state index contributed by atoms with van der Waals surface area (Å²) in [7, 11) is 0. The highest BCUT2D eigenvalue weighted by molar-refractivity contribution is 6.02. The first-order valence-electron chi connectivity index (χ1n) is 17.8. The fourth-order valence-electron chi connectivity index (χ4n) is 8.64. The van der Waals surface area contributed by atoms with Crippen molar-refractivity contribution in [1.82, 2.24) is 0 Å². The van der Waals surface area contributed by atoms with Crippen LogP contribution in [0.5, 0.6) is 11.5 Å². The molecule has 2 nitrogen and oxygen atoms in total. The number of fused-ring (bicyclic) bond motifs is 11. The van der Waals surface area contributed by atoms with E-state index in [0.717, 1.165) is 28.4 Å². The van der Waals surface area contributed by atoms with Crippen LogP contribution in [0, 0.1) is 0 Å². The standard InChI is InChI=1S/C49H37NO/c1-48(2,3)34-23-26-42-40(29-34)39-16-6-7-18-41(39)49(42)43-19-8-9-21-46(43)51-47-27-24-35(30-44(47)49)50-45-20-11-14-32-28-33(22-25-38(32)45)37-17-10-13-31-12-4-5-15-36(31)37/h4-30,50H,1-3H3. The van der Waals surface area contributed by atoms with Gasteiger partial charge in [-0.15, -0.1) is 0 Å². The lowest BCUT2D eigenvalue weighted by Crippen LogP contribution is -2.32. The molecule has 1 unspecified atom stereocenters. The molecule has 0 saturated carbocycles. The number of anilines is 2. The van der Waals surface area contributed by atoms with Crippen molar-refractivity contribution in [3.8, 4) is 33.8 Å². The smallest absolute Gasteiger partial charge is 0.132 e. The molecule has 0 bridgehead atoms. The Morgan fingerprint density at radius 2 is 1.18 bits per heavy atom. The molecule has 0 fully saturated rings. The minimum absolute atomic E-state index is 0.0381. The van der Waals surface area contributed by atoms with Crippen LogP contribution in [0.2, 0.25) is 0 Å². The molecule has 0 aromatic heterocycles. The van der Waals surface area contributed by atoms with Gasteiger partial charge in [0.25, 0.3) is 0 Å². The molecule has 8 aromatic carbocycles. The average molecular weight is 656 g/mol. The van der Waals surface area contributed by atoms with Gasteiger partial charge in [-0.3, -0.25) is 0 Å². The molecule has 2 heteroatoms. The molecule has 0 amide bonds. The van der Waals surface area contributed by atoms with E-state index >= 15 is 0 Å². The summed E-state index contributed by atoms with van der Waals surface area (Å²) in [6, 6.07) is 59.8. The zero-order chi connectivity index (χ0) is 34.3. The van der Waals surface area contributed by atoms with Crippen molar-refractivity contribution in [3.63, 3.8) is 0 Å². The van der Waals surface area contributed by atoms with E-state index < -0.39 is 5.41 Å². The highest BCUT2D eigenvalue weighted by Crippen LogP contribution is 2.62. The quantitative estimate of drug-likeness (QED) is 0.204. The molecular formula is C49H37NO. The van der Waals surface area contributed by atoms with Crippen molar-refractivity contribution >= 4 is 32.9 Å². The van der Waals surface area contributed by atoms with E-state index in [1.807, 2.05) is 0 Å². The molecule has 51 heavy (non-hydrogen) atoms. The van der Waals surface area contributed by atoms with Crippen LogP contribution in [-0.4, -0.2) is 0 Å². The first-order valence-corrected chi connectivity index (χ1v) is 17.8. The minimum Gasteiger partial charge on any atom is -0.457 e. The summed E-state index contributed by atoms with van der Waals surface area (Å²) in [5.41, 5.74) is 12.9. The number of hydrogen-bond acceptors (Lipinski definition) is 2. The van der Waals surface area contributed by atoms with Crippen LogP contribution >= 0.6 is 0 Å². The Hall–Kier alpha value is -6.12. The number of rotatable bonds is 3. The molecule has 244 valence electrons. The number of nitrogens with one attached hydrogen (secondary N) is 1. The third-order valence-corrected chi connectivity index (χ3v) is 11.1. The van der Waals surface area contributed by atoms with Crippen molar-refractivity contribution in [2.24, 2.45) is 0 Å². The van der Waals surface area contributed by atoms with E-state index in [0.29, 0.717) is 0 Å². The molecule has 1 atom stereocenters. The maximum absolute atomic E-state index is 6.71. The fourth-order valence-corrected chi connectivity index (χ4v) is 8.64. The summed E-state index contributed by atoms with van der Waals surface area (Å²) in [5.74, 6) is 1.80. The number of para-hydroxylation sites is 1. The lowest BCUT2D eigenvalue weighted by molar-refractivity contribution is 0.436. The molecule has 1 heterocycles. The van der Waals surface area contributed by atoms with Crippen molar-refractivity contribution in [1.29, 1.82) is 0 Å².